The first-order valence-corrected chi connectivity index (χ1v) is 9.41. The van der Waals surface area contributed by atoms with E-state index in [2.05, 4.69) is 4.98 Å². The second-order valence-corrected chi connectivity index (χ2v) is 7.33. The van der Waals surface area contributed by atoms with E-state index in [0.29, 0.717) is 29.6 Å². The van der Waals surface area contributed by atoms with Gasteiger partial charge in [-0.05, 0) is 44.4 Å². The molecule has 1 aliphatic heterocycles. The third-order valence-electron chi connectivity index (χ3n) is 4.71. The van der Waals surface area contributed by atoms with Crippen LogP contribution in [0.1, 0.15) is 17.3 Å². The van der Waals surface area contributed by atoms with Crippen LogP contribution in [0, 0.1) is 0 Å². The number of rotatable bonds is 6. The van der Waals surface area contributed by atoms with Crippen LogP contribution >= 0.6 is 11.6 Å². The number of likely N-dealkylation sites (N-methyl/N-ethyl adjacent to an activating group) is 1. The summed E-state index contributed by atoms with van der Waals surface area (Å²) in [6.45, 7) is 0.860. The highest BCUT2D eigenvalue weighted by Gasteiger charge is 2.46. The molecule has 0 spiro atoms. The van der Waals surface area contributed by atoms with Gasteiger partial charge < -0.3 is 19.6 Å². The maximum absolute atomic E-state index is 12.9. The van der Waals surface area contributed by atoms with E-state index in [1.807, 2.05) is 19.0 Å². The van der Waals surface area contributed by atoms with E-state index >= 15 is 0 Å². The Kier molecular flexibility index (Phi) is 6.20. The summed E-state index contributed by atoms with van der Waals surface area (Å²) in [6, 6.07) is 9.14. The average Bonchev–Trinajstić information content (AvgIpc) is 2.97. The van der Waals surface area contributed by atoms with Crippen molar-refractivity contribution in [1.82, 2.24) is 14.8 Å². The maximum Gasteiger partial charge on any atom is 0.295 e. The van der Waals surface area contributed by atoms with Gasteiger partial charge in [-0.15, -0.1) is 0 Å². The number of nitrogens with zero attached hydrogens (tertiary/aromatic N) is 3. The molecule has 1 amide bonds. The van der Waals surface area contributed by atoms with E-state index in [9.17, 15) is 14.7 Å². The lowest BCUT2D eigenvalue weighted by Gasteiger charge is -2.25. The van der Waals surface area contributed by atoms with Gasteiger partial charge in [0.1, 0.15) is 17.6 Å². The number of hydrogen-bond donors (Lipinski definition) is 1. The Labute approximate surface area is 174 Å². The van der Waals surface area contributed by atoms with Crippen LogP contribution in [0.3, 0.4) is 0 Å². The average molecular weight is 416 g/mol. The van der Waals surface area contributed by atoms with Crippen molar-refractivity contribution in [3.63, 3.8) is 0 Å². The second-order valence-electron chi connectivity index (χ2n) is 6.89. The molecule has 1 aromatic carbocycles. The summed E-state index contributed by atoms with van der Waals surface area (Å²) in [4.78, 5) is 33.4. The Bertz CT molecular complexity index is 960. The Morgan fingerprint density at radius 1 is 1.28 bits per heavy atom. The van der Waals surface area contributed by atoms with Gasteiger partial charge >= 0.3 is 0 Å². The molecule has 7 nitrogen and oxygen atoms in total. The predicted molar refractivity (Wildman–Crippen MR) is 110 cm³/mol. The van der Waals surface area contributed by atoms with Crippen molar-refractivity contribution in [2.75, 3.05) is 34.3 Å². The van der Waals surface area contributed by atoms with E-state index in [1.165, 1.54) is 18.1 Å². The molecule has 1 saturated heterocycles. The van der Waals surface area contributed by atoms with Gasteiger partial charge in [-0.25, -0.2) is 0 Å². The molecule has 8 heteroatoms. The number of ketones is 1. The number of aliphatic hydroxyl groups is 1. The van der Waals surface area contributed by atoms with Gasteiger partial charge in [0.15, 0.2) is 0 Å². The monoisotopic (exact) mass is 415 g/mol. The number of methoxy groups -OCH3 is 1. The highest BCUT2D eigenvalue weighted by Crippen LogP contribution is 2.40. The van der Waals surface area contributed by atoms with E-state index in [0.717, 1.165) is 0 Å². The molecular weight excluding hydrogens is 394 g/mol. The number of likely N-dealkylation sites (tertiary alicyclic amines) is 1. The first-order valence-electron chi connectivity index (χ1n) is 9.03. The molecule has 1 atom stereocenters. The number of benzene rings is 1. The van der Waals surface area contributed by atoms with Crippen LogP contribution in [0.25, 0.3) is 5.76 Å². The van der Waals surface area contributed by atoms with Crippen molar-refractivity contribution in [2.24, 2.45) is 0 Å². The maximum atomic E-state index is 12.9. The zero-order valence-corrected chi connectivity index (χ0v) is 17.2. The largest absolute Gasteiger partial charge is 0.507 e. The molecule has 1 fully saturated rings. The summed E-state index contributed by atoms with van der Waals surface area (Å²) in [5.74, 6) is -1.44. The minimum atomic E-state index is -0.806. The molecule has 1 aliphatic rings. The van der Waals surface area contributed by atoms with Gasteiger partial charge in [0.25, 0.3) is 11.7 Å². The van der Waals surface area contributed by atoms with Crippen molar-refractivity contribution in [3.8, 4) is 5.75 Å². The first kappa shape index (κ1) is 20.8. The lowest BCUT2D eigenvalue weighted by Crippen LogP contribution is -2.35. The molecule has 1 aromatic heterocycles. The normalized spacial score (nSPS) is 18.5. The summed E-state index contributed by atoms with van der Waals surface area (Å²) < 4.78 is 5.30. The van der Waals surface area contributed by atoms with Crippen molar-refractivity contribution in [3.05, 3.63) is 64.4 Å². The van der Waals surface area contributed by atoms with Crippen LogP contribution in [0.5, 0.6) is 5.75 Å². The molecule has 0 aliphatic carbocycles. The molecule has 1 N–H and O–H groups in total. The molecule has 0 bridgehead atoms. The Hall–Kier alpha value is -2.90. The van der Waals surface area contributed by atoms with Crippen LogP contribution in [-0.2, 0) is 9.59 Å². The summed E-state index contributed by atoms with van der Waals surface area (Å²) >= 11 is 6.09. The van der Waals surface area contributed by atoms with Gasteiger partial charge in [0.2, 0.25) is 0 Å². The number of hydrogen-bond acceptors (Lipinski definition) is 6. The molecule has 3 rings (SSSR count). The first-order chi connectivity index (χ1) is 13.8. The van der Waals surface area contributed by atoms with Crippen LogP contribution in [0.4, 0.5) is 0 Å². The standard InChI is InChI=1S/C21H22ClN3O4/c1-24(2)10-11-25-18(15-6-4-5-9-23-15)17(20(27)21(25)28)19(26)14-12-13(22)7-8-16(14)29-3/h4-9,12,18,26H,10-11H2,1-3H3/t18-/m0/s1. The van der Waals surface area contributed by atoms with Crippen LogP contribution < -0.4 is 4.74 Å². The highest BCUT2D eigenvalue weighted by molar-refractivity contribution is 6.46. The number of carbonyl (C=O) groups is 2. The fourth-order valence-corrected chi connectivity index (χ4v) is 3.45. The van der Waals surface area contributed by atoms with Gasteiger partial charge in [-0.1, -0.05) is 17.7 Å². The summed E-state index contributed by atoms with van der Waals surface area (Å²) in [5, 5.41) is 11.4. The minimum absolute atomic E-state index is 0.0342. The van der Waals surface area contributed by atoms with E-state index in [4.69, 9.17) is 16.3 Å². The summed E-state index contributed by atoms with van der Waals surface area (Å²) in [6.07, 6.45) is 1.58. The molecule has 2 aromatic rings. The number of aliphatic hydroxyl groups excluding tert-OH is 1. The van der Waals surface area contributed by atoms with Crippen LogP contribution in [0.2, 0.25) is 5.02 Å². The number of amides is 1. The molecule has 152 valence electrons. The van der Waals surface area contributed by atoms with E-state index < -0.39 is 17.7 Å². The van der Waals surface area contributed by atoms with E-state index in [1.54, 1.807) is 36.5 Å². The quantitative estimate of drug-likeness (QED) is 0.443. The third-order valence-corrected chi connectivity index (χ3v) is 4.95. The lowest BCUT2D eigenvalue weighted by atomic mass is 9.98. The summed E-state index contributed by atoms with van der Waals surface area (Å²) in [7, 11) is 5.21. The zero-order chi connectivity index (χ0) is 21.1. The van der Waals surface area contributed by atoms with Crippen molar-refractivity contribution >= 4 is 29.1 Å². The van der Waals surface area contributed by atoms with Crippen molar-refractivity contribution in [2.45, 2.75) is 6.04 Å². The number of pyridine rings is 1. The van der Waals surface area contributed by atoms with Crippen molar-refractivity contribution in [1.29, 1.82) is 0 Å². The van der Waals surface area contributed by atoms with Crippen molar-refractivity contribution < 1.29 is 19.4 Å². The SMILES string of the molecule is COc1ccc(Cl)cc1C(O)=C1C(=O)C(=O)N(CCN(C)C)[C@H]1c1ccccn1. The fraction of sp³-hybridized carbons (Fsp3) is 0.286. The smallest absolute Gasteiger partial charge is 0.295 e. The Balaban J connectivity index is 2.19. The van der Waals surface area contributed by atoms with Gasteiger partial charge in [-0.2, -0.15) is 0 Å². The van der Waals surface area contributed by atoms with Gasteiger partial charge in [0, 0.05) is 24.3 Å². The predicted octanol–water partition coefficient (Wildman–Crippen LogP) is 2.73. The van der Waals surface area contributed by atoms with Crippen LogP contribution in [0.15, 0.2) is 48.2 Å². The second kappa shape index (κ2) is 8.63. The molecular formula is C21H22ClN3O4. The summed E-state index contributed by atoms with van der Waals surface area (Å²) in [5.41, 5.74) is 0.701. The lowest BCUT2D eigenvalue weighted by molar-refractivity contribution is -0.140. The van der Waals surface area contributed by atoms with E-state index in [-0.39, 0.29) is 16.9 Å². The number of ether oxygens (including phenoxy) is 1. The molecule has 29 heavy (non-hydrogen) atoms. The zero-order valence-electron chi connectivity index (χ0n) is 16.4. The Morgan fingerprint density at radius 2 is 2.03 bits per heavy atom. The number of halogens is 1. The van der Waals surface area contributed by atoms with Gasteiger partial charge in [0.05, 0.1) is 23.9 Å². The number of Topliss-reactive ketones (excluding diaryl/α,β-unsaturated/α-hetero) is 1. The molecule has 0 saturated carbocycles. The van der Waals surface area contributed by atoms with Crippen LogP contribution in [-0.4, -0.2) is 65.9 Å². The molecule has 0 unspecified atom stereocenters. The highest BCUT2D eigenvalue weighted by atomic mass is 35.5. The Morgan fingerprint density at radius 3 is 2.66 bits per heavy atom. The molecule has 2 heterocycles. The third kappa shape index (κ3) is 4.11. The topological polar surface area (TPSA) is 83.0 Å². The molecule has 0 radical (unpaired) electrons. The number of aromatic nitrogens is 1. The number of carbonyl (C=O) groups excluding carboxylic acids is 2. The minimum Gasteiger partial charge on any atom is -0.507 e. The fourth-order valence-electron chi connectivity index (χ4n) is 3.27. The van der Waals surface area contributed by atoms with Gasteiger partial charge in [-0.3, -0.25) is 14.6 Å².